The Morgan fingerprint density at radius 1 is 1.36 bits per heavy atom. The molecule has 0 saturated carbocycles. The van der Waals surface area contributed by atoms with Gasteiger partial charge in [-0.3, -0.25) is 9.40 Å². The van der Waals surface area contributed by atoms with E-state index in [1.807, 2.05) is 13.8 Å². The lowest BCUT2D eigenvalue weighted by molar-refractivity contribution is -0.143. The van der Waals surface area contributed by atoms with Gasteiger partial charge in [-0.05, 0) is 36.1 Å². The van der Waals surface area contributed by atoms with Gasteiger partial charge >= 0.3 is 6.18 Å². The number of hydrogen-bond acceptors (Lipinski definition) is 4. The molecule has 0 aliphatic rings. The van der Waals surface area contributed by atoms with Crippen LogP contribution in [0.5, 0.6) is 5.75 Å². The number of aryl methyl sites for hydroxylation is 1. The van der Waals surface area contributed by atoms with Crippen molar-refractivity contribution in [3.05, 3.63) is 35.7 Å². The molecule has 25 heavy (non-hydrogen) atoms. The first-order valence-corrected chi connectivity index (χ1v) is 8.90. The van der Waals surface area contributed by atoms with Gasteiger partial charge in [0.25, 0.3) is 10.0 Å². The summed E-state index contributed by atoms with van der Waals surface area (Å²) in [4.78, 5) is -0.958. The molecule has 1 atom stereocenters. The first-order chi connectivity index (χ1) is 11.5. The summed E-state index contributed by atoms with van der Waals surface area (Å²) in [5.74, 6) is -0.0526. The molecule has 1 unspecified atom stereocenters. The zero-order chi connectivity index (χ0) is 19.0. The van der Waals surface area contributed by atoms with Crippen LogP contribution in [-0.2, 0) is 23.2 Å². The number of aromatic nitrogens is 2. The van der Waals surface area contributed by atoms with Gasteiger partial charge in [-0.2, -0.15) is 18.3 Å². The number of hydrogen-bond donors (Lipinski definition) is 2. The van der Waals surface area contributed by atoms with Crippen molar-refractivity contribution in [1.82, 2.24) is 9.78 Å². The normalized spacial score (nSPS) is 13.7. The minimum atomic E-state index is -4.90. The molecule has 0 fully saturated rings. The molecule has 0 radical (unpaired) electrons. The Bertz CT molecular complexity index is 876. The third kappa shape index (κ3) is 4.06. The Kier molecular flexibility index (Phi) is 5.03. The van der Waals surface area contributed by atoms with Crippen molar-refractivity contribution in [2.24, 2.45) is 7.05 Å². The van der Waals surface area contributed by atoms with Gasteiger partial charge < -0.3 is 5.11 Å². The average molecular weight is 377 g/mol. The lowest BCUT2D eigenvalue weighted by Gasteiger charge is -2.14. The maximum atomic E-state index is 13.0. The largest absolute Gasteiger partial charge is 0.508 e. The zero-order valence-electron chi connectivity index (χ0n) is 13.8. The number of phenolic OH excluding ortho intramolecular Hbond substituents is 1. The molecule has 1 heterocycles. The van der Waals surface area contributed by atoms with Crippen molar-refractivity contribution >= 4 is 15.7 Å². The predicted molar refractivity (Wildman–Crippen MR) is 85.8 cm³/mol. The van der Waals surface area contributed by atoms with Crippen LogP contribution in [0.1, 0.15) is 37.4 Å². The number of phenols is 1. The molecule has 0 spiro atoms. The molecule has 0 saturated heterocycles. The maximum absolute atomic E-state index is 13.0. The van der Waals surface area contributed by atoms with Gasteiger partial charge in [0.1, 0.15) is 10.6 Å². The van der Waals surface area contributed by atoms with E-state index in [0.29, 0.717) is 12.0 Å². The molecule has 2 rings (SSSR count). The van der Waals surface area contributed by atoms with Crippen LogP contribution < -0.4 is 4.72 Å². The summed E-state index contributed by atoms with van der Waals surface area (Å²) in [5, 5.41) is 13.1. The molecule has 1 aromatic carbocycles. The standard InChI is InChI=1S/C15H18F3N3O3S/c1-4-9(2)11-7-10(5-6-12(11)22)20-25(23,24)13-8-21(3)19-14(13)15(16,17)18/h5-9,20,22H,4H2,1-3H3. The molecule has 138 valence electrons. The lowest BCUT2D eigenvalue weighted by Crippen LogP contribution is -2.18. The van der Waals surface area contributed by atoms with Crippen molar-refractivity contribution in [3.63, 3.8) is 0 Å². The van der Waals surface area contributed by atoms with Crippen molar-refractivity contribution in [3.8, 4) is 5.75 Å². The van der Waals surface area contributed by atoms with E-state index < -0.39 is 26.8 Å². The summed E-state index contributed by atoms with van der Waals surface area (Å²) in [5.41, 5.74) is -0.918. The number of nitrogens with one attached hydrogen (secondary N) is 1. The second-order valence-electron chi connectivity index (χ2n) is 5.70. The summed E-state index contributed by atoms with van der Waals surface area (Å²) < 4.78 is 66.7. The Morgan fingerprint density at radius 2 is 2.00 bits per heavy atom. The Hall–Kier alpha value is -2.23. The number of rotatable bonds is 5. The molecule has 10 heteroatoms. The van der Waals surface area contributed by atoms with Crippen LogP contribution in [-0.4, -0.2) is 23.3 Å². The molecule has 2 N–H and O–H groups in total. The number of halogens is 3. The van der Waals surface area contributed by atoms with Crippen molar-refractivity contribution in [2.45, 2.75) is 37.3 Å². The van der Waals surface area contributed by atoms with E-state index in [-0.39, 0.29) is 17.4 Å². The van der Waals surface area contributed by atoms with Gasteiger partial charge in [-0.25, -0.2) is 8.42 Å². The second-order valence-corrected chi connectivity index (χ2v) is 7.35. The molecule has 0 bridgehead atoms. The van der Waals surface area contributed by atoms with Gasteiger partial charge in [0, 0.05) is 18.9 Å². The number of anilines is 1. The van der Waals surface area contributed by atoms with E-state index in [4.69, 9.17) is 0 Å². The number of sulfonamides is 1. The second kappa shape index (κ2) is 6.58. The molecule has 1 aromatic heterocycles. The summed E-state index contributed by atoms with van der Waals surface area (Å²) in [6.45, 7) is 3.74. The van der Waals surface area contributed by atoms with E-state index >= 15 is 0 Å². The van der Waals surface area contributed by atoms with Crippen LogP contribution in [0.15, 0.2) is 29.3 Å². The fourth-order valence-electron chi connectivity index (χ4n) is 2.30. The smallest absolute Gasteiger partial charge is 0.436 e. The first-order valence-electron chi connectivity index (χ1n) is 7.42. The highest BCUT2D eigenvalue weighted by Crippen LogP contribution is 2.35. The highest BCUT2D eigenvalue weighted by atomic mass is 32.2. The molecular weight excluding hydrogens is 359 g/mol. The van der Waals surface area contributed by atoms with Crippen molar-refractivity contribution in [1.29, 1.82) is 0 Å². The number of nitrogens with zero attached hydrogens (tertiary/aromatic N) is 2. The topological polar surface area (TPSA) is 84.2 Å². The van der Waals surface area contributed by atoms with Crippen LogP contribution in [0.25, 0.3) is 0 Å². The minimum Gasteiger partial charge on any atom is -0.508 e. The Labute approximate surface area is 143 Å². The van der Waals surface area contributed by atoms with E-state index in [1.165, 1.54) is 25.2 Å². The van der Waals surface area contributed by atoms with Crippen LogP contribution in [0, 0.1) is 0 Å². The van der Waals surface area contributed by atoms with Crippen molar-refractivity contribution < 1.29 is 26.7 Å². The summed E-state index contributed by atoms with van der Waals surface area (Å²) in [6.07, 6.45) is -3.41. The van der Waals surface area contributed by atoms with Crippen LogP contribution in [0.4, 0.5) is 18.9 Å². The molecule has 6 nitrogen and oxygen atoms in total. The fraction of sp³-hybridized carbons (Fsp3) is 0.400. The minimum absolute atomic E-state index is 0.00495. The lowest BCUT2D eigenvalue weighted by atomic mass is 9.97. The third-order valence-corrected chi connectivity index (χ3v) is 5.16. The molecular formula is C15H18F3N3O3S. The molecule has 0 aliphatic heterocycles. The van der Waals surface area contributed by atoms with E-state index in [2.05, 4.69) is 9.82 Å². The van der Waals surface area contributed by atoms with E-state index in [1.54, 1.807) is 0 Å². The molecule has 0 amide bonds. The number of alkyl halides is 3. The quantitative estimate of drug-likeness (QED) is 0.782. The Morgan fingerprint density at radius 3 is 2.56 bits per heavy atom. The number of aromatic hydroxyl groups is 1. The first kappa shape index (κ1) is 19.1. The predicted octanol–water partition coefficient (Wildman–Crippen LogP) is 3.46. The van der Waals surface area contributed by atoms with Gasteiger partial charge in [0.15, 0.2) is 5.69 Å². The Balaban J connectivity index is 2.44. The summed E-state index contributed by atoms with van der Waals surface area (Å²) >= 11 is 0. The molecule has 2 aromatic rings. The number of benzene rings is 1. The summed E-state index contributed by atoms with van der Waals surface area (Å²) in [6, 6.07) is 3.99. The van der Waals surface area contributed by atoms with Crippen molar-refractivity contribution in [2.75, 3.05) is 4.72 Å². The zero-order valence-corrected chi connectivity index (χ0v) is 14.6. The fourth-order valence-corrected chi connectivity index (χ4v) is 3.55. The highest BCUT2D eigenvalue weighted by molar-refractivity contribution is 7.92. The third-order valence-electron chi connectivity index (χ3n) is 3.78. The van der Waals surface area contributed by atoms with Gasteiger partial charge in [-0.15, -0.1) is 0 Å². The maximum Gasteiger partial charge on any atom is 0.436 e. The van der Waals surface area contributed by atoms with Crippen LogP contribution >= 0.6 is 0 Å². The monoisotopic (exact) mass is 377 g/mol. The van der Waals surface area contributed by atoms with Gasteiger partial charge in [-0.1, -0.05) is 13.8 Å². The highest BCUT2D eigenvalue weighted by Gasteiger charge is 2.41. The van der Waals surface area contributed by atoms with Crippen LogP contribution in [0.2, 0.25) is 0 Å². The van der Waals surface area contributed by atoms with Gasteiger partial charge in [0.2, 0.25) is 0 Å². The average Bonchev–Trinajstić information content (AvgIpc) is 2.91. The summed E-state index contributed by atoms with van der Waals surface area (Å²) in [7, 11) is -3.30. The SMILES string of the molecule is CCC(C)c1cc(NS(=O)(=O)c2cn(C)nc2C(F)(F)F)ccc1O. The van der Waals surface area contributed by atoms with E-state index in [0.717, 1.165) is 10.9 Å². The van der Waals surface area contributed by atoms with Gasteiger partial charge in [0.05, 0.1) is 0 Å². The molecule has 0 aliphatic carbocycles. The van der Waals surface area contributed by atoms with Crippen LogP contribution in [0.3, 0.4) is 0 Å². The van der Waals surface area contributed by atoms with E-state index in [9.17, 15) is 26.7 Å².